The summed E-state index contributed by atoms with van der Waals surface area (Å²) in [6, 6.07) is 4.08. The van der Waals surface area contributed by atoms with E-state index in [9.17, 15) is 10.1 Å². The second kappa shape index (κ2) is 5.05. The number of anilines is 1. The molecule has 1 amide bonds. The molecule has 0 bridgehead atoms. The summed E-state index contributed by atoms with van der Waals surface area (Å²) < 4.78 is 0. The number of rotatable bonds is 1. The van der Waals surface area contributed by atoms with Crippen LogP contribution in [0.1, 0.15) is 23.2 Å². The maximum absolute atomic E-state index is 11.6. The summed E-state index contributed by atoms with van der Waals surface area (Å²) in [5, 5.41) is 12.1. The van der Waals surface area contributed by atoms with Crippen molar-refractivity contribution in [2.45, 2.75) is 20.3 Å². The van der Waals surface area contributed by atoms with Crippen LogP contribution in [0.25, 0.3) is 0 Å². The van der Waals surface area contributed by atoms with E-state index in [-0.39, 0.29) is 12.5 Å². The average molecular weight is 244 g/mol. The Morgan fingerprint density at radius 1 is 1.50 bits per heavy atom. The smallest absolute Gasteiger partial charge is 0.239 e. The molecule has 5 heteroatoms. The summed E-state index contributed by atoms with van der Waals surface area (Å²) in [6.45, 7) is 5.49. The van der Waals surface area contributed by atoms with E-state index in [2.05, 4.69) is 16.4 Å². The first-order valence-corrected chi connectivity index (χ1v) is 6.02. The fourth-order valence-electron chi connectivity index (χ4n) is 2.17. The van der Waals surface area contributed by atoms with E-state index >= 15 is 0 Å². The molecule has 1 saturated heterocycles. The highest BCUT2D eigenvalue weighted by Gasteiger charge is 2.20. The molecule has 2 heterocycles. The van der Waals surface area contributed by atoms with Crippen LogP contribution in [-0.4, -0.2) is 30.5 Å². The Labute approximate surface area is 106 Å². The Morgan fingerprint density at radius 2 is 2.28 bits per heavy atom. The molecule has 0 radical (unpaired) electrons. The van der Waals surface area contributed by atoms with Gasteiger partial charge >= 0.3 is 0 Å². The monoisotopic (exact) mass is 244 g/mol. The van der Waals surface area contributed by atoms with Gasteiger partial charge in [0.05, 0.1) is 12.1 Å². The van der Waals surface area contributed by atoms with Crippen LogP contribution >= 0.6 is 0 Å². The third kappa shape index (κ3) is 2.43. The highest BCUT2D eigenvalue weighted by atomic mass is 16.2. The number of hydrogen-bond acceptors (Lipinski definition) is 4. The van der Waals surface area contributed by atoms with Gasteiger partial charge in [-0.3, -0.25) is 4.79 Å². The number of aryl methyl sites for hydroxylation is 2. The molecule has 0 aliphatic carbocycles. The number of carbonyl (C=O) groups is 1. The Kier molecular flexibility index (Phi) is 3.47. The molecule has 1 aromatic heterocycles. The zero-order valence-electron chi connectivity index (χ0n) is 10.7. The van der Waals surface area contributed by atoms with Crippen LogP contribution in [0.5, 0.6) is 0 Å². The highest BCUT2D eigenvalue weighted by molar-refractivity contribution is 5.82. The minimum absolute atomic E-state index is 0.0163. The van der Waals surface area contributed by atoms with Crippen LogP contribution in [0, 0.1) is 25.2 Å². The third-order valence-electron chi connectivity index (χ3n) is 3.00. The largest absolute Gasteiger partial charge is 0.354 e. The molecule has 0 unspecified atom stereocenters. The standard InChI is InChI=1S/C13H16N4O/c1-9-6-10(2)16-13(11(9)7-14)17-5-3-4-15-12(18)8-17/h6H,3-5,8H2,1-2H3,(H,15,18). The topological polar surface area (TPSA) is 69.0 Å². The van der Waals surface area contributed by atoms with Crippen molar-refractivity contribution in [3.8, 4) is 6.07 Å². The van der Waals surface area contributed by atoms with Crippen LogP contribution in [0.4, 0.5) is 5.82 Å². The van der Waals surface area contributed by atoms with Crippen LogP contribution in [0.3, 0.4) is 0 Å². The van der Waals surface area contributed by atoms with Crippen molar-refractivity contribution in [3.05, 3.63) is 22.9 Å². The molecule has 0 spiro atoms. The highest BCUT2D eigenvalue weighted by Crippen LogP contribution is 2.22. The molecule has 1 fully saturated rings. The van der Waals surface area contributed by atoms with Gasteiger partial charge in [-0.1, -0.05) is 0 Å². The van der Waals surface area contributed by atoms with Gasteiger partial charge in [-0.2, -0.15) is 5.26 Å². The molecular formula is C13H16N4O. The lowest BCUT2D eigenvalue weighted by molar-refractivity contribution is -0.119. The van der Waals surface area contributed by atoms with Crippen molar-refractivity contribution < 1.29 is 4.79 Å². The van der Waals surface area contributed by atoms with E-state index in [1.807, 2.05) is 24.8 Å². The van der Waals surface area contributed by atoms with Crippen molar-refractivity contribution in [1.29, 1.82) is 5.26 Å². The van der Waals surface area contributed by atoms with Gasteiger partial charge < -0.3 is 10.2 Å². The normalized spacial score (nSPS) is 15.8. The van der Waals surface area contributed by atoms with Crippen LogP contribution in [-0.2, 0) is 4.79 Å². The average Bonchev–Trinajstić information content (AvgIpc) is 2.53. The van der Waals surface area contributed by atoms with Crippen molar-refractivity contribution in [2.24, 2.45) is 0 Å². The summed E-state index contributed by atoms with van der Waals surface area (Å²) in [5.41, 5.74) is 2.34. The number of pyridine rings is 1. The number of nitrogens with zero attached hydrogens (tertiary/aromatic N) is 3. The third-order valence-corrected chi connectivity index (χ3v) is 3.00. The predicted octanol–water partition coefficient (Wildman–Crippen LogP) is 0.896. The lowest BCUT2D eigenvalue weighted by Crippen LogP contribution is -2.34. The molecule has 0 atom stereocenters. The molecule has 94 valence electrons. The lowest BCUT2D eigenvalue weighted by atomic mass is 10.1. The van der Waals surface area contributed by atoms with Gasteiger partial charge in [-0.05, 0) is 31.9 Å². The number of amides is 1. The van der Waals surface area contributed by atoms with Gasteiger partial charge in [0.2, 0.25) is 5.91 Å². The van der Waals surface area contributed by atoms with Crippen LogP contribution < -0.4 is 10.2 Å². The Hall–Kier alpha value is -2.09. The first-order valence-electron chi connectivity index (χ1n) is 6.02. The second-order valence-corrected chi connectivity index (χ2v) is 4.52. The SMILES string of the molecule is Cc1cc(C)c(C#N)c(N2CCCNC(=O)C2)n1. The fraction of sp³-hybridized carbons (Fsp3) is 0.462. The summed E-state index contributed by atoms with van der Waals surface area (Å²) in [5.74, 6) is 0.615. The van der Waals surface area contributed by atoms with E-state index in [1.54, 1.807) is 0 Å². The number of hydrogen-bond donors (Lipinski definition) is 1. The predicted molar refractivity (Wildman–Crippen MR) is 68.3 cm³/mol. The van der Waals surface area contributed by atoms with E-state index in [1.165, 1.54) is 0 Å². The Bertz CT molecular complexity index is 518. The van der Waals surface area contributed by atoms with Gasteiger partial charge in [0, 0.05) is 18.8 Å². The Morgan fingerprint density at radius 3 is 3.00 bits per heavy atom. The van der Waals surface area contributed by atoms with Gasteiger partial charge in [0.1, 0.15) is 11.9 Å². The van der Waals surface area contributed by atoms with E-state index in [0.29, 0.717) is 17.9 Å². The molecule has 1 aromatic rings. The Balaban J connectivity index is 2.43. The van der Waals surface area contributed by atoms with E-state index < -0.39 is 0 Å². The molecule has 0 saturated carbocycles. The number of nitrogens with one attached hydrogen (secondary N) is 1. The van der Waals surface area contributed by atoms with Crippen LogP contribution in [0.15, 0.2) is 6.07 Å². The van der Waals surface area contributed by atoms with Gasteiger partial charge in [-0.15, -0.1) is 0 Å². The first kappa shape index (κ1) is 12.4. The summed E-state index contributed by atoms with van der Waals surface area (Å²) in [6.07, 6.45) is 0.866. The van der Waals surface area contributed by atoms with Gasteiger partial charge in [-0.25, -0.2) is 4.98 Å². The first-order chi connectivity index (χ1) is 8.61. The van der Waals surface area contributed by atoms with Crippen LogP contribution in [0.2, 0.25) is 0 Å². The quantitative estimate of drug-likeness (QED) is 0.796. The second-order valence-electron chi connectivity index (χ2n) is 4.52. The number of carbonyl (C=O) groups excluding carboxylic acids is 1. The molecular weight excluding hydrogens is 228 g/mol. The summed E-state index contributed by atoms with van der Waals surface area (Å²) >= 11 is 0. The summed E-state index contributed by atoms with van der Waals surface area (Å²) in [7, 11) is 0. The molecule has 1 aliphatic rings. The molecule has 2 rings (SSSR count). The minimum atomic E-state index is -0.0163. The number of aromatic nitrogens is 1. The van der Waals surface area contributed by atoms with Crippen molar-refractivity contribution >= 4 is 11.7 Å². The number of nitriles is 1. The minimum Gasteiger partial charge on any atom is -0.354 e. The molecule has 1 N–H and O–H groups in total. The molecule has 1 aliphatic heterocycles. The summed E-state index contributed by atoms with van der Waals surface area (Å²) in [4.78, 5) is 17.9. The van der Waals surface area contributed by atoms with E-state index in [4.69, 9.17) is 0 Å². The van der Waals surface area contributed by atoms with Crippen molar-refractivity contribution in [2.75, 3.05) is 24.5 Å². The zero-order valence-corrected chi connectivity index (χ0v) is 10.7. The fourth-order valence-corrected chi connectivity index (χ4v) is 2.17. The van der Waals surface area contributed by atoms with Crippen molar-refractivity contribution in [1.82, 2.24) is 10.3 Å². The van der Waals surface area contributed by atoms with Crippen molar-refractivity contribution in [3.63, 3.8) is 0 Å². The van der Waals surface area contributed by atoms with Gasteiger partial charge in [0.15, 0.2) is 0 Å². The molecule has 0 aromatic carbocycles. The van der Waals surface area contributed by atoms with E-state index in [0.717, 1.165) is 24.2 Å². The maximum atomic E-state index is 11.6. The lowest BCUT2D eigenvalue weighted by Gasteiger charge is -2.22. The molecule has 18 heavy (non-hydrogen) atoms. The molecule has 5 nitrogen and oxygen atoms in total. The van der Waals surface area contributed by atoms with Gasteiger partial charge in [0.25, 0.3) is 0 Å². The zero-order chi connectivity index (χ0) is 13.1. The maximum Gasteiger partial charge on any atom is 0.239 e.